The van der Waals surface area contributed by atoms with Crippen molar-refractivity contribution in [2.45, 2.75) is 38.5 Å². The zero-order valence-electron chi connectivity index (χ0n) is 10.1. The second-order valence-electron chi connectivity index (χ2n) is 3.97. The van der Waals surface area contributed by atoms with Crippen molar-refractivity contribution in [2.75, 3.05) is 26.4 Å². The molecule has 0 aromatic rings. The molecule has 98 valence electrons. The van der Waals surface area contributed by atoms with E-state index >= 15 is 0 Å². The first kappa shape index (κ1) is 14.0. The lowest BCUT2D eigenvalue weighted by molar-refractivity contribution is -0.150. The monoisotopic (exact) mass is 244 g/mol. The molecule has 0 amide bonds. The molecule has 1 saturated heterocycles. The predicted octanol–water partition coefficient (Wildman–Crippen LogP) is 1.44. The van der Waals surface area contributed by atoms with Crippen molar-refractivity contribution in [3.63, 3.8) is 0 Å². The van der Waals surface area contributed by atoms with Gasteiger partial charge in [0.1, 0.15) is 0 Å². The van der Waals surface area contributed by atoms with E-state index in [0.717, 1.165) is 25.7 Å². The van der Waals surface area contributed by atoms with E-state index in [1.807, 2.05) is 0 Å². The van der Waals surface area contributed by atoms with Gasteiger partial charge in [-0.1, -0.05) is 0 Å². The maximum Gasteiger partial charge on any atom is 0.306 e. The third-order valence-electron chi connectivity index (χ3n) is 2.43. The van der Waals surface area contributed by atoms with Gasteiger partial charge in [0.2, 0.25) is 0 Å². The van der Waals surface area contributed by atoms with Crippen LogP contribution in [0.2, 0.25) is 0 Å². The average molecular weight is 244 g/mol. The summed E-state index contributed by atoms with van der Waals surface area (Å²) in [6.45, 7) is 2.18. The normalized spacial score (nSPS) is 21.9. The Labute approximate surface area is 101 Å². The minimum absolute atomic E-state index is 0.106. The Bertz CT molecular complexity index is 215. The third kappa shape index (κ3) is 7.74. The van der Waals surface area contributed by atoms with Gasteiger partial charge in [0.15, 0.2) is 0 Å². The Hall–Kier alpha value is -1.10. The summed E-state index contributed by atoms with van der Waals surface area (Å²) in [4.78, 5) is 22.4. The first-order chi connectivity index (χ1) is 8.29. The summed E-state index contributed by atoms with van der Waals surface area (Å²) in [5.41, 5.74) is 0. The quantitative estimate of drug-likeness (QED) is 0.603. The van der Waals surface area contributed by atoms with Crippen LogP contribution in [-0.2, 0) is 23.8 Å². The summed E-state index contributed by atoms with van der Waals surface area (Å²) in [5.74, 6) is -0.671. The second kappa shape index (κ2) is 8.98. The fourth-order valence-corrected chi connectivity index (χ4v) is 1.43. The molecular weight excluding hydrogens is 224 g/mol. The SMILES string of the molecule is O=C1CCC(=O)OCCCCOCCCCO1. The summed E-state index contributed by atoms with van der Waals surface area (Å²) in [7, 11) is 0. The molecule has 0 N–H and O–H groups in total. The predicted molar refractivity (Wildman–Crippen MR) is 60.4 cm³/mol. The van der Waals surface area contributed by atoms with Gasteiger partial charge < -0.3 is 14.2 Å². The van der Waals surface area contributed by atoms with Crippen molar-refractivity contribution < 1.29 is 23.8 Å². The topological polar surface area (TPSA) is 61.8 Å². The van der Waals surface area contributed by atoms with E-state index in [-0.39, 0.29) is 24.8 Å². The highest BCUT2D eigenvalue weighted by atomic mass is 16.5. The minimum Gasteiger partial charge on any atom is -0.466 e. The lowest BCUT2D eigenvalue weighted by atomic mass is 10.3. The molecule has 0 aromatic carbocycles. The van der Waals surface area contributed by atoms with Crippen LogP contribution in [0.4, 0.5) is 0 Å². The molecular formula is C12H20O5. The summed E-state index contributed by atoms with van der Waals surface area (Å²) in [5, 5.41) is 0. The van der Waals surface area contributed by atoms with Crippen LogP contribution >= 0.6 is 0 Å². The lowest BCUT2D eigenvalue weighted by Gasteiger charge is -2.04. The van der Waals surface area contributed by atoms with Gasteiger partial charge in [-0.3, -0.25) is 9.59 Å². The molecule has 1 heterocycles. The van der Waals surface area contributed by atoms with Gasteiger partial charge in [-0.15, -0.1) is 0 Å². The fourth-order valence-electron chi connectivity index (χ4n) is 1.43. The van der Waals surface area contributed by atoms with Crippen molar-refractivity contribution in [1.82, 2.24) is 0 Å². The highest BCUT2D eigenvalue weighted by molar-refractivity contribution is 5.77. The van der Waals surface area contributed by atoms with Crippen LogP contribution in [0.15, 0.2) is 0 Å². The summed E-state index contributed by atoms with van der Waals surface area (Å²) < 4.78 is 15.3. The summed E-state index contributed by atoms with van der Waals surface area (Å²) >= 11 is 0. The molecule has 5 nitrogen and oxygen atoms in total. The fraction of sp³-hybridized carbons (Fsp3) is 0.833. The average Bonchev–Trinajstić information content (AvgIpc) is 2.33. The van der Waals surface area contributed by atoms with E-state index in [0.29, 0.717) is 26.4 Å². The molecule has 1 fully saturated rings. The van der Waals surface area contributed by atoms with Gasteiger partial charge in [0.05, 0.1) is 26.1 Å². The van der Waals surface area contributed by atoms with Gasteiger partial charge in [-0.05, 0) is 25.7 Å². The number of hydrogen-bond acceptors (Lipinski definition) is 5. The van der Waals surface area contributed by atoms with Gasteiger partial charge >= 0.3 is 11.9 Å². The maximum absolute atomic E-state index is 11.2. The molecule has 0 saturated carbocycles. The van der Waals surface area contributed by atoms with Crippen LogP contribution in [0.3, 0.4) is 0 Å². The number of rotatable bonds is 0. The molecule has 0 bridgehead atoms. The zero-order chi connectivity index (χ0) is 12.3. The Balaban J connectivity index is 2.25. The zero-order valence-corrected chi connectivity index (χ0v) is 10.1. The molecule has 0 spiro atoms. The van der Waals surface area contributed by atoms with Crippen LogP contribution in [0.1, 0.15) is 38.5 Å². The number of cyclic esters (lactones) is 2. The van der Waals surface area contributed by atoms with Crippen molar-refractivity contribution in [1.29, 1.82) is 0 Å². The number of hydrogen-bond donors (Lipinski definition) is 0. The smallest absolute Gasteiger partial charge is 0.306 e. The van der Waals surface area contributed by atoms with E-state index in [1.165, 1.54) is 0 Å². The van der Waals surface area contributed by atoms with Gasteiger partial charge in [-0.2, -0.15) is 0 Å². The van der Waals surface area contributed by atoms with Crippen LogP contribution in [0, 0.1) is 0 Å². The third-order valence-corrected chi connectivity index (χ3v) is 2.43. The molecule has 0 aliphatic carbocycles. The largest absolute Gasteiger partial charge is 0.466 e. The molecule has 0 aromatic heterocycles. The van der Waals surface area contributed by atoms with Crippen molar-refractivity contribution in [3.05, 3.63) is 0 Å². The molecule has 1 aliphatic rings. The van der Waals surface area contributed by atoms with E-state index in [1.54, 1.807) is 0 Å². The molecule has 1 aliphatic heterocycles. The maximum atomic E-state index is 11.2. The van der Waals surface area contributed by atoms with Crippen LogP contribution < -0.4 is 0 Å². The lowest BCUT2D eigenvalue weighted by Crippen LogP contribution is -2.11. The molecule has 5 heteroatoms. The Morgan fingerprint density at radius 3 is 1.53 bits per heavy atom. The Kier molecular flexibility index (Phi) is 7.38. The first-order valence-corrected chi connectivity index (χ1v) is 6.18. The molecule has 0 atom stereocenters. The highest BCUT2D eigenvalue weighted by Gasteiger charge is 2.09. The summed E-state index contributed by atoms with van der Waals surface area (Å²) in [6.07, 6.45) is 3.60. The van der Waals surface area contributed by atoms with E-state index in [9.17, 15) is 9.59 Å². The van der Waals surface area contributed by atoms with E-state index in [2.05, 4.69) is 0 Å². The van der Waals surface area contributed by atoms with Crippen molar-refractivity contribution in [2.24, 2.45) is 0 Å². The van der Waals surface area contributed by atoms with Crippen LogP contribution in [0.5, 0.6) is 0 Å². The molecule has 0 radical (unpaired) electrons. The number of carbonyl (C=O) groups is 2. The minimum atomic E-state index is -0.335. The summed E-state index contributed by atoms with van der Waals surface area (Å²) in [6, 6.07) is 0. The number of esters is 2. The second-order valence-corrected chi connectivity index (χ2v) is 3.97. The Morgan fingerprint density at radius 2 is 1.06 bits per heavy atom. The van der Waals surface area contributed by atoms with E-state index < -0.39 is 0 Å². The number of ether oxygens (including phenoxy) is 3. The van der Waals surface area contributed by atoms with Crippen LogP contribution in [0.25, 0.3) is 0 Å². The van der Waals surface area contributed by atoms with E-state index in [4.69, 9.17) is 14.2 Å². The molecule has 17 heavy (non-hydrogen) atoms. The highest BCUT2D eigenvalue weighted by Crippen LogP contribution is 2.01. The first-order valence-electron chi connectivity index (χ1n) is 6.18. The number of carbonyl (C=O) groups excluding carboxylic acids is 2. The molecule has 0 unspecified atom stereocenters. The van der Waals surface area contributed by atoms with Crippen LogP contribution in [-0.4, -0.2) is 38.4 Å². The standard InChI is InChI=1S/C12H20O5/c13-11-5-6-12(14)17-10-4-2-8-15-7-1-3-9-16-11/h1-10H2. The van der Waals surface area contributed by atoms with Crippen molar-refractivity contribution >= 4 is 11.9 Å². The Morgan fingerprint density at radius 1 is 0.647 bits per heavy atom. The van der Waals surface area contributed by atoms with Gasteiger partial charge in [0, 0.05) is 13.2 Å². The molecule has 1 rings (SSSR count). The van der Waals surface area contributed by atoms with Gasteiger partial charge in [-0.25, -0.2) is 0 Å². The van der Waals surface area contributed by atoms with Gasteiger partial charge in [0.25, 0.3) is 0 Å². The van der Waals surface area contributed by atoms with Crippen molar-refractivity contribution in [3.8, 4) is 0 Å².